The predicted octanol–water partition coefficient (Wildman–Crippen LogP) is 3.48. The minimum Gasteiger partial charge on any atom is -0.313 e. The van der Waals surface area contributed by atoms with E-state index in [4.69, 9.17) is 0 Å². The largest absolute Gasteiger partial charge is 0.313 e. The Hall–Kier alpha value is 0.110. The van der Waals surface area contributed by atoms with Gasteiger partial charge in [-0.25, -0.2) is 0 Å². The smallest absolute Gasteiger partial charge is 0.0503 e. The van der Waals surface area contributed by atoms with E-state index in [1.54, 1.807) is 0 Å². The third kappa shape index (κ3) is 5.00. The molecule has 4 unspecified atom stereocenters. The molecule has 0 bridgehead atoms. The van der Waals surface area contributed by atoms with Gasteiger partial charge in [0, 0.05) is 22.6 Å². The fourth-order valence-electron chi connectivity index (χ4n) is 3.11. The number of unbranched alkanes of at least 4 members (excludes halogenated alkanes) is 1. The van der Waals surface area contributed by atoms with Gasteiger partial charge in [0.15, 0.2) is 0 Å². The van der Waals surface area contributed by atoms with E-state index in [9.17, 15) is 4.21 Å². The Morgan fingerprint density at radius 2 is 1.94 bits per heavy atom. The highest BCUT2D eigenvalue weighted by Crippen LogP contribution is 2.31. The fraction of sp³-hybridized carbons (Fsp3) is 1.00. The maximum absolute atomic E-state index is 12.5. The summed E-state index contributed by atoms with van der Waals surface area (Å²) in [6, 6.07) is 0.501. The van der Waals surface area contributed by atoms with Crippen LogP contribution >= 0.6 is 0 Å². The molecule has 0 heterocycles. The Balaban J connectivity index is 2.56. The molecular weight excluding hydrogens is 242 g/mol. The van der Waals surface area contributed by atoms with Gasteiger partial charge in [0.25, 0.3) is 0 Å². The van der Waals surface area contributed by atoms with Gasteiger partial charge in [-0.2, -0.15) is 0 Å². The second kappa shape index (κ2) is 9.08. The summed E-state index contributed by atoms with van der Waals surface area (Å²) in [5, 5.41) is 3.97. The van der Waals surface area contributed by atoms with Crippen molar-refractivity contribution in [1.82, 2.24) is 5.32 Å². The molecule has 1 rings (SSSR count). The van der Waals surface area contributed by atoms with Crippen molar-refractivity contribution >= 4 is 10.8 Å². The molecule has 0 aliphatic heterocycles. The van der Waals surface area contributed by atoms with E-state index in [0.717, 1.165) is 31.1 Å². The second-order valence-electron chi connectivity index (χ2n) is 5.61. The van der Waals surface area contributed by atoms with Crippen LogP contribution in [0.1, 0.15) is 65.7 Å². The highest BCUT2D eigenvalue weighted by Gasteiger charge is 2.33. The number of rotatable bonds is 8. The minimum absolute atomic E-state index is 0.404. The van der Waals surface area contributed by atoms with Crippen LogP contribution in [-0.2, 0) is 10.8 Å². The van der Waals surface area contributed by atoms with Crippen molar-refractivity contribution in [2.75, 3.05) is 12.3 Å². The zero-order valence-electron chi connectivity index (χ0n) is 12.4. The van der Waals surface area contributed by atoms with E-state index in [0.29, 0.717) is 11.3 Å². The first-order valence-electron chi connectivity index (χ1n) is 7.83. The molecule has 0 radical (unpaired) electrons. The van der Waals surface area contributed by atoms with Crippen LogP contribution in [0.3, 0.4) is 0 Å². The summed E-state index contributed by atoms with van der Waals surface area (Å²) in [4.78, 5) is 0. The molecule has 0 saturated heterocycles. The third-order valence-corrected chi connectivity index (χ3v) is 5.99. The van der Waals surface area contributed by atoms with E-state index in [2.05, 4.69) is 26.1 Å². The second-order valence-corrected chi connectivity index (χ2v) is 7.38. The summed E-state index contributed by atoms with van der Waals surface area (Å²) in [6.07, 6.45) is 8.59. The van der Waals surface area contributed by atoms with Crippen molar-refractivity contribution in [2.45, 2.75) is 77.0 Å². The van der Waals surface area contributed by atoms with Gasteiger partial charge in [-0.05, 0) is 38.1 Å². The normalized spacial score (nSPS) is 30.3. The van der Waals surface area contributed by atoms with Gasteiger partial charge in [0.1, 0.15) is 0 Å². The van der Waals surface area contributed by atoms with Crippen LogP contribution < -0.4 is 5.32 Å². The molecule has 1 saturated carbocycles. The minimum atomic E-state index is -0.625. The third-order valence-electron chi connectivity index (χ3n) is 4.10. The first-order valence-corrected chi connectivity index (χ1v) is 9.21. The lowest BCUT2D eigenvalue weighted by atomic mass is 9.83. The van der Waals surface area contributed by atoms with E-state index in [1.165, 1.54) is 32.1 Å². The molecule has 0 spiro atoms. The van der Waals surface area contributed by atoms with Crippen LogP contribution in [0.25, 0.3) is 0 Å². The maximum Gasteiger partial charge on any atom is 0.0503 e. The zero-order chi connectivity index (χ0) is 13.4. The number of hydrogen-bond donors (Lipinski definition) is 1. The van der Waals surface area contributed by atoms with Crippen molar-refractivity contribution in [3.63, 3.8) is 0 Å². The van der Waals surface area contributed by atoms with Crippen molar-refractivity contribution < 1.29 is 4.21 Å². The van der Waals surface area contributed by atoms with Crippen molar-refractivity contribution in [2.24, 2.45) is 5.92 Å². The summed E-state index contributed by atoms with van der Waals surface area (Å²) in [5.74, 6) is 1.72. The van der Waals surface area contributed by atoms with Gasteiger partial charge < -0.3 is 5.32 Å². The summed E-state index contributed by atoms with van der Waals surface area (Å²) >= 11 is 0. The summed E-state index contributed by atoms with van der Waals surface area (Å²) in [5.41, 5.74) is 0. The van der Waals surface area contributed by atoms with Crippen molar-refractivity contribution in [3.05, 3.63) is 0 Å². The number of hydrogen-bond acceptors (Lipinski definition) is 2. The van der Waals surface area contributed by atoms with E-state index < -0.39 is 10.8 Å². The van der Waals surface area contributed by atoms with Gasteiger partial charge in [-0.1, -0.05) is 40.0 Å². The molecule has 108 valence electrons. The zero-order valence-corrected chi connectivity index (χ0v) is 13.2. The average Bonchev–Trinajstić information content (AvgIpc) is 2.38. The van der Waals surface area contributed by atoms with Crippen LogP contribution in [0, 0.1) is 5.92 Å². The Morgan fingerprint density at radius 3 is 2.56 bits per heavy atom. The van der Waals surface area contributed by atoms with Crippen LogP contribution in [0.2, 0.25) is 0 Å². The molecule has 0 aromatic rings. The lowest BCUT2D eigenvalue weighted by molar-refractivity contribution is 0.286. The van der Waals surface area contributed by atoms with E-state index in [1.807, 2.05) is 0 Å². The monoisotopic (exact) mass is 273 g/mol. The van der Waals surface area contributed by atoms with Gasteiger partial charge >= 0.3 is 0 Å². The van der Waals surface area contributed by atoms with Crippen LogP contribution in [0.15, 0.2) is 0 Å². The Kier molecular flexibility index (Phi) is 8.16. The van der Waals surface area contributed by atoms with Gasteiger partial charge in [0.05, 0.1) is 5.25 Å². The van der Waals surface area contributed by atoms with Gasteiger partial charge in [-0.3, -0.25) is 4.21 Å². The van der Waals surface area contributed by atoms with Crippen molar-refractivity contribution in [3.8, 4) is 0 Å². The first kappa shape index (κ1) is 16.2. The van der Waals surface area contributed by atoms with Crippen molar-refractivity contribution in [1.29, 1.82) is 0 Å². The Labute approximate surface area is 116 Å². The molecular formula is C15H31NOS. The molecule has 1 fully saturated rings. The van der Waals surface area contributed by atoms with Gasteiger partial charge in [0.2, 0.25) is 0 Å². The molecule has 0 aromatic carbocycles. The van der Waals surface area contributed by atoms with Crippen LogP contribution in [-0.4, -0.2) is 27.8 Å². The summed E-state index contributed by atoms with van der Waals surface area (Å²) in [7, 11) is -0.625. The van der Waals surface area contributed by atoms with Crippen LogP contribution in [0.5, 0.6) is 0 Å². The Morgan fingerprint density at radius 1 is 1.17 bits per heavy atom. The first-order chi connectivity index (χ1) is 8.72. The molecule has 4 atom stereocenters. The van der Waals surface area contributed by atoms with Gasteiger partial charge in [-0.15, -0.1) is 0 Å². The standard InChI is InChI=1S/C15H31NOS/c1-4-7-11-18(17)15-12-13(8-5-2)9-10-14(15)16-6-3/h13-16H,4-12H2,1-3H3. The van der Waals surface area contributed by atoms with E-state index in [-0.39, 0.29) is 0 Å². The quantitative estimate of drug-likeness (QED) is 0.733. The summed E-state index contributed by atoms with van der Waals surface area (Å²) < 4.78 is 12.5. The molecule has 3 heteroatoms. The maximum atomic E-state index is 12.5. The number of nitrogens with one attached hydrogen (secondary N) is 1. The molecule has 18 heavy (non-hydrogen) atoms. The predicted molar refractivity (Wildman–Crippen MR) is 81.4 cm³/mol. The molecule has 1 aliphatic rings. The average molecular weight is 273 g/mol. The Bertz CT molecular complexity index is 245. The van der Waals surface area contributed by atoms with Crippen LogP contribution in [0.4, 0.5) is 0 Å². The van der Waals surface area contributed by atoms with E-state index >= 15 is 0 Å². The topological polar surface area (TPSA) is 29.1 Å². The molecule has 2 nitrogen and oxygen atoms in total. The SMILES string of the molecule is CCCCS(=O)C1CC(CCC)CCC1NCC. The fourth-order valence-corrected chi connectivity index (χ4v) is 5.07. The molecule has 0 aromatic heterocycles. The molecule has 0 amide bonds. The summed E-state index contributed by atoms with van der Waals surface area (Å²) in [6.45, 7) is 7.61. The highest BCUT2D eigenvalue weighted by molar-refractivity contribution is 7.85. The molecule has 1 aliphatic carbocycles. The lowest BCUT2D eigenvalue weighted by Crippen LogP contribution is -2.46. The highest BCUT2D eigenvalue weighted by atomic mass is 32.2. The lowest BCUT2D eigenvalue weighted by Gasteiger charge is -2.36. The molecule has 1 N–H and O–H groups in total.